The van der Waals surface area contributed by atoms with Gasteiger partial charge in [0.2, 0.25) is 0 Å². The van der Waals surface area contributed by atoms with Crippen molar-refractivity contribution in [3.05, 3.63) is 53.1 Å². The van der Waals surface area contributed by atoms with Crippen molar-refractivity contribution in [1.82, 2.24) is 0 Å². The van der Waals surface area contributed by atoms with Gasteiger partial charge in [0, 0.05) is 5.02 Å². The molecular weight excluding hydrogens is 296 g/mol. The molecule has 0 atom stereocenters. The van der Waals surface area contributed by atoms with Crippen LogP contribution in [0, 0.1) is 0 Å². The quantitative estimate of drug-likeness (QED) is 0.810. The van der Waals surface area contributed by atoms with E-state index in [0.29, 0.717) is 0 Å². The normalized spacial score (nSPS) is 10.1. The van der Waals surface area contributed by atoms with E-state index in [1.807, 2.05) is 0 Å². The molecule has 0 aromatic heterocycles. The third-order valence-electron chi connectivity index (χ3n) is 2.77. The number of hydrogen-bond donors (Lipinski definition) is 3. The summed E-state index contributed by atoms with van der Waals surface area (Å²) in [5, 5.41) is 19.4. The molecule has 0 aliphatic rings. The van der Waals surface area contributed by atoms with Gasteiger partial charge < -0.3 is 15.9 Å². The van der Waals surface area contributed by atoms with Gasteiger partial charge in [0.1, 0.15) is 5.75 Å². The number of benzene rings is 2. The van der Waals surface area contributed by atoms with Crippen LogP contribution in [-0.2, 0) is 0 Å². The fraction of sp³-hybridized carbons (Fsp3) is 0. The smallest absolute Gasteiger partial charge is 0.337 e. The van der Waals surface area contributed by atoms with Gasteiger partial charge in [-0.2, -0.15) is 0 Å². The molecular formula is C14H11ClN2O4. The number of halogens is 1. The van der Waals surface area contributed by atoms with E-state index in [2.05, 4.69) is 0 Å². The molecule has 0 spiro atoms. The van der Waals surface area contributed by atoms with Gasteiger partial charge in [-0.15, -0.1) is 0 Å². The molecule has 2 amide bonds. The zero-order valence-corrected chi connectivity index (χ0v) is 11.4. The average molecular weight is 307 g/mol. The standard InChI is InChI=1S/C14H11ClN2O4/c15-8-5-6-12(18)11(7-8)17(14(16)21)10-4-2-1-3-9(10)13(19)20/h1-7,18H,(H2,16,21)(H,19,20). The summed E-state index contributed by atoms with van der Waals surface area (Å²) in [5.74, 6) is -1.48. The first-order valence-corrected chi connectivity index (χ1v) is 6.20. The highest BCUT2D eigenvalue weighted by Gasteiger charge is 2.23. The number of carbonyl (C=O) groups excluding carboxylic acids is 1. The van der Waals surface area contributed by atoms with Crippen LogP contribution in [0.4, 0.5) is 16.2 Å². The van der Waals surface area contributed by atoms with E-state index in [1.165, 1.54) is 36.4 Å². The van der Waals surface area contributed by atoms with Crippen molar-refractivity contribution in [2.45, 2.75) is 0 Å². The number of para-hydroxylation sites is 1. The number of urea groups is 1. The number of carbonyl (C=O) groups is 2. The molecule has 21 heavy (non-hydrogen) atoms. The third kappa shape index (κ3) is 2.90. The van der Waals surface area contributed by atoms with Crippen molar-refractivity contribution >= 4 is 35.0 Å². The fourth-order valence-corrected chi connectivity index (χ4v) is 2.06. The third-order valence-corrected chi connectivity index (χ3v) is 3.01. The van der Waals surface area contributed by atoms with Crippen LogP contribution in [0.1, 0.15) is 10.4 Å². The summed E-state index contributed by atoms with van der Waals surface area (Å²) in [6.07, 6.45) is 0. The Morgan fingerprint density at radius 2 is 1.76 bits per heavy atom. The van der Waals surface area contributed by atoms with Gasteiger partial charge in [0.25, 0.3) is 0 Å². The molecule has 2 aromatic carbocycles. The maximum atomic E-state index is 11.7. The lowest BCUT2D eigenvalue weighted by Gasteiger charge is -2.23. The zero-order valence-electron chi connectivity index (χ0n) is 10.7. The fourth-order valence-electron chi connectivity index (χ4n) is 1.89. The summed E-state index contributed by atoms with van der Waals surface area (Å²) >= 11 is 5.85. The van der Waals surface area contributed by atoms with Crippen LogP contribution in [0.15, 0.2) is 42.5 Å². The number of phenols is 1. The minimum atomic E-state index is -1.22. The lowest BCUT2D eigenvalue weighted by Crippen LogP contribution is -2.32. The second kappa shape index (κ2) is 5.72. The molecule has 7 heteroatoms. The maximum Gasteiger partial charge on any atom is 0.337 e. The van der Waals surface area contributed by atoms with Crippen molar-refractivity contribution in [3.63, 3.8) is 0 Å². The summed E-state index contributed by atoms with van der Waals surface area (Å²) in [6, 6.07) is 8.91. The second-order valence-electron chi connectivity index (χ2n) is 4.13. The molecule has 0 saturated heterocycles. The van der Waals surface area contributed by atoms with Gasteiger partial charge in [0.15, 0.2) is 0 Å². The molecule has 108 valence electrons. The number of nitrogens with two attached hydrogens (primary N) is 1. The molecule has 0 fully saturated rings. The van der Waals surface area contributed by atoms with E-state index in [-0.39, 0.29) is 27.7 Å². The highest BCUT2D eigenvalue weighted by Crippen LogP contribution is 2.36. The molecule has 0 aliphatic carbocycles. The number of phenolic OH excluding ortho intramolecular Hbond substituents is 1. The van der Waals surface area contributed by atoms with Crippen LogP contribution >= 0.6 is 11.6 Å². The van der Waals surface area contributed by atoms with Crippen molar-refractivity contribution in [2.75, 3.05) is 4.90 Å². The number of primary amides is 1. The van der Waals surface area contributed by atoms with Crippen LogP contribution in [0.25, 0.3) is 0 Å². The van der Waals surface area contributed by atoms with Crippen LogP contribution in [0.3, 0.4) is 0 Å². The second-order valence-corrected chi connectivity index (χ2v) is 4.57. The number of nitrogens with zero attached hydrogens (tertiary/aromatic N) is 1. The molecule has 6 nitrogen and oxygen atoms in total. The molecule has 0 heterocycles. The zero-order chi connectivity index (χ0) is 15.6. The van der Waals surface area contributed by atoms with E-state index >= 15 is 0 Å². The summed E-state index contributed by atoms with van der Waals surface area (Å²) in [5.41, 5.74) is 5.24. The number of hydrogen-bond acceptors (Lipinski definition) is 3. The molecule has 0 unspecified atom stereocenters. The molecule has 0 saturated carbocycles. The summed E-state index contributed by atoms with van der Waals surface area (Å²) in [6.45, 7) is 0. The molecule has 0 bridgehead atoms. The Morgan fingerprint density at radius 1 is 1.10 bits per heavy atom. The highest BCUT2D eigenvalue weighted by molar-refractivity contribution is 6.31. The molecule has 0 radical (unpaired) electrons. The van der Waals surface area contributed by atoms with Gasteiger partial charge in [-0.1, -0.05) is 23.7 Å². The Bertz CT molecular complexity index is 718. The highest BCUT2D eigenvalue weighted by atomic mass is 35.5. The Kier molecular flexibility index (Phi) is 4.00. The predicted octanol–water partition coefficient (Wildman–Crippen LogP) is 2.96. The van der Waals surface area contributed by atoms with Gasteiger partial charge >= 0.3 is 12.0 Å². The van der Waals surface area contributed by atoms with Crippen molar-refractivity contribution in [1.29, 1.82) is 0 Å². The molecule has 0 aliphatic heterocycles. The predicted molar refractivity (Wildman–Crippen MR) is 78.2 cm³/mol. The largest absolute Gasteiger partial charge is 0.506 e. The minimum Gasteiger partial charge on any atom is -0.506 e. The lowest BCUT2D eigenvalue weighted by molar-refractivity contribution is 0.0698. The number of carboxylic acids is 1. The minimum absolute atomic E-state index is 0.00343. The van der Waals surface area contributed by atoms with E-state index < -0.39 is 12.0 Å². The maximum absolute atomic E-state index is 11.7. The van der Waals surface area contributed by atoms with Crippen LogP contribution in [0.2, 0.25) is 5.02 Å². The first kappa shape index (κ1) is 14.7. The number of carboxylic acid groups (broad SMARTS) is 1. The Hall–Kier alpha value is -2.73. The number of aromatic hydroxyl groups is 1. The van der Waals surface area contributed by atoms with Gasteiger partial charge in [-0.25, -0.2) is 9.59 Å². The van der Waals surface area contributed by atoms with E-state index in [4.69, 9.17) is 17.3 Å². The summed E-state index contributed by atoms with van der Waals surface area (Å²) in [4.78, 5) is 23.9. The van der Waals surface area contributed by atoms with Gasteiger partial charge in [-0.05, 0) is 30.3 Å². The summed E-state index contributed by atoms with van der Waals surface area (Å²) < 4.78 is 0. The van der Waals surface area contributed by atoms with Crippen molar-refractivity contribution < 1.29 is 19.8 Å². The first-order valence-electron chi connectivity index (χ1n) is 5.82. The monoisotopic (exact) mass is 306 g/mol. The topological polar surface area (TPSA) is 104 Å². The molecule has 4 N–H and O–H groups in total. The first-order chi connectivity index (χ1) is 9.91. The number of anilines is 2. The van der Waals surface area contributed by atoms with Crippen molar-refractivity contribution in [2.24, 2.45) is 5.73 Å². The van der Waals surface area contributed by atoms with Crippen LogP contribution < -0.4 is 10.6 Å². The number of aromatic carboxylic acids is 1. The molecule has 2 rings (SSSR count). The van der Waals surface area contributed by atoms with E-state index in [0.717, 1.165) is 4.90 Å². The van der Waals surface area contributed by atoms with E-state index in [1.54, 1.807) is 6.07 Å². The average Bonchev–Trinajstić information content (AvgIpc) is 2.43. The molecule has 2 aromatic rings. The Labute approximate surface area is 125 Å². The number of rotatable bonds is 3. The summed E-state index contributed by atoms with van der Waals surface area (Å²) in [7, 11) is 0. The van der Waals surface area contributed by atoms with Gasteiger partial charge in [-0.3, -0.25) is 4.90 Å². The number of amides is 2. The van der Waals surface area contributed by atoms with Crippen LogP contribution in [-0.4, -0.2) is 22.2 Å². The Balaban J connectivity index is 2.68. The van der Waals surface area contributed by atoms with Gasteiger partial charge in [0.05, 0.1) is 16.9 Å². The lowest BCUT2D eigenvalue weighted by atomic mass is 10.1. The van der Waals surface area contributed by atoms with Crippen molar-refractivity contribution in [3.8, 4) is 5.75 Å². The SMILES string of the molecule is NC(=O)N(c1cc(Cl)ccc1O)c1ccccc1C(=O)O. The Morgan fingerprint density at radius 3 is 2.38 bits per heavy atom. The van der Waals surface area contributed by atoms with Crippen LogP contribution in [0.5, 0.6) is 5.75 Å². The van der Waals surface area contributed by atoms with E-state index in [9.17, 15) is 19.8 Å².